The van der Waals surface area contributed by atoms with Crippen LogP contribution in [-0.2, 0) is 11.3 Å². The van der Waals surface area contributed by atoms with Crippen LogP contribution in [0.25, 0.3) is 10.8 Å². The van der Waals surface area contributed by atoms with Gasteiger partial charge in [-0.3, -0.25) is 9.59 Å². The van der Waals surface area contributed by atoms with Gasteiger partial charge in [-0.1, -0.05) is 30.3 Å². The van der Waals surface area contributed by atoms with E-state index in [1.54, 1.807) is 11.9 Å². The summed E-state index contributed by atoms with van der Waals surface area (Å²) in [6, 6.07) is 17.3. The summed E-state index contributed by atoms with van der Waals surface area (Å²) in [5.74, 6) is 1.33. The van der Waals surface area contributed by atoms with Gasteiger partial charge in [-0.15, -0.1) is 0 Å². The number of fused-ring (bicyclic) bond motifs is 2. The van der Waals surface area contributed by atoms with Gasteiger partial charge in [0.05, 0.1) is 11.3 Å². The molecule has 5 rings (SSSR count). The van der Waals surface area contributed by atoms with Crippen LogP contribution in [0.5, 0.6) is 11.5 Å². The minimum Gasteiger partial charge on any atom is -0.486 e. The lowest BCUT2D eigenvalue weighted by atomic mass is 10.0. The highest BCUT2D eigenvalue weighted by Crippen LogP contribution is 2.33. The van der Waals surface area contributed by atoms with E-state index in [1.807, 2.05) is 54.6 Å². The largest absolute Gasteiger partial charge is 0.486 e. The number of anilines is 1. The average Bonchev–Trinajstić information content (AvgIpc) is 3.63. The first kappa shape index (κ1) is 19.4. The van der Waals surface area contributed by atoms with Crippen molar-refractivity contribution in [3.8, 4) is 11.5 Å². The van der Waals surface area contributed by atoms with Gasteiger partial charge in [0.25, 0.3) is 5.91 Å². The van der Waals surface area contributed by atoms with Gasteiger partial charge in [-0.05, 0) is 53.4 Å². The molecule has 1 N–H and O–H groups in total. The monoisotopic (exact) mass is 416 g/mol. The molecule has 0 aromatic heterocycles. The Morgan fingerprint density at radius 1 is 0.968 bits per heavy atom. The van der Waals surface area contributed by atoms with Gasteiger partial charge in [0.1, 0.15) is 13.2 Å². The maximum Gasteiger partial charge on any atom is 0.256 e. The van der Waals surface area contributed by atoms with Crippen molar-refractivity contribution in [3.05, 3.63) is 65.7 Å². The third kappa shape index (κ3) is 4.06. The second-order valence-electron chi connectivity index (χ2n) is 8.15. The summed E-state index contributed by atoms with van der Waals surface area (Å²) in [7, 11) is 1.76. The van der Waals surface area contributed by atoms with Crippen LogP contribution in [0.15, 0.2) is 54.6 Å². The van der Waals surface area contributed by atoms with Crippen molar-refractivity contribution >= 4 is 28.3 Å². The Morgan fingerprint density at radius 2 is 1.68 bits per heavy atom. The summed E-state index contributed by atoms with van der Waals surface area (Å²) < 4.78 is 11.2. The van der Waals surface area contributed by atoms with E-state index in [1.165, 1.54) is 0 Å². The van der Waals surface area contributed by atoms with E-state index in [2.05, 4.69) is 5.32 Å². The Morgan fingerprint density at radius 3 is 2.42 bits per heavy atom. The number of hydrogen-bond acceptors (Lipinski definition) is 4. The summed E-state index contributed by atoms with van der Waals surface area (Å²) in [4.78, 5) is 27.5. The Labute approximate surface area is 180 Å². The van der Waals surface area contributed by atoms with E-state index in [0.29, 0.717) is 36.8 Å². The zero-order valence-corrected chi connectivity index (χ0v) is 17.4. The fraction of sp³-hybridized carbons (Fsp3) is 0.280. The van der Waals surface area contributed by atoms with Crippen molar-refractivity contribution in [2.45, 2.75) is 19.4 Å². The van der Waals surface area contributed by atoms with Crippen LogP contribution in [0.2, 0.25) is 0 Å². The van der Waals surface area contributed by atoms with Gasteiger partial charge in [0.15, 0.2) is 11.5 Å². The lowest BCUT2D eigenvalue weighted by Gasteiger charge is -2.22. The minimum absolute atomic E-state index is 0.0150. The molecule has 0 unspecified atom stereocenters. The van der Waals surface area contributed by atoms with Crippen LogP contribution >= 0.6 is 0 Å². The lowest BCUT2D eigenvalue weighted by molar-refractivity contribution is -0.117. The summed E-state index contributed by atoms with van der Waals surface area (Å²) in [6.45, 7) is 1.48. The van der Waals surface area contributed by atoms with Crippen LogP contribution in [0, 0.1) is 5.92 Å². The second-order valence-corrected chi connectivity index (χ2v) is 8.15. The highest BCUT2D eigenvalue weighted by Gasteiger charge is 2.30. The van der Waals surface area contributed by atoms with E-state index < -0.39 is 0 Å². The predicted octanol–water partition coefficient (Wildman–Crippen LogP) is 4.23. The normalized spacial score (nSPS) is 14.9. The van der Waals surface area contributed by atoms with E-state index in [-0.39, 0.29) is 17.7 Å². The van der Waals surface area contributed by atoms with E-state index in [9.17, 15) is 9.59 Å². The van der Waals surface area contributed by atoms with Gasteiger partial charge < -0.3 is 19.7 Å². The molecule has 0 bridgehead atoms. The standard InChI is InChI=1S/C25H24N2O4/c1-27(15-16-6-9-22-23(12-16)31-11-10-30-22)25(29)20-13-18-4-2-3-5-19(18)14-21(20)26-24(28)17-7-8-17/h2-6,9,12-14,17H,7-8,10-11,15H2,1H3,(H,26,28). The third-order valence-electron chi connectivity index (χ3n) is 5.70. The summed E-state index contributed by atoms with van der Waals surface area (Å²) in [6.07, 6.45) is 1.82. The first-order valence-electron chi connectivity index (χ1n) is 10.6. The number of benzene rings is 3. The van der Waals surface area contributed by atoms with Crippen LogP contribution < -0.4 is 14.8 Å². The minimum atomic E-state index is -0.147. The molecule has 31 heavy (non-hydrogen) atoms. The van der Waals surface area contributed by atoms with Gasteiger partial charge in [-0.2, -0.15) is 0 Å². The molecule has 6 heteroatoms. The van der Waals surface area contributed by atoms with Gasteiger partial charge in [-0.25, -0.2) is 0 Å². The molecule has 0 atom stereocenters. The summed E-state index contributed by atoms with van der Waals surface area (Å²) in [5.41, 5.74) is 2.01. The number of ether oxygens (including phenoxy) is 2. The Bertz CT molecular complexity index is 1170. The second kappa shape index (κ2) is 7.95. The molecular formula is C25H24N2O4. The fourth-order valence-electron chi connectivity index (χ4n) is 3.84. The molecule has 1 fully saturated rings. The quantitative estimate of drug-likeness (QED) is 0.676. The SMILES string of the molecule is CN(Cc1ccc2c(c1)OCCO2)C(=O)c1cc2ccccc2cc1NC(=O)C1CC1. The Balaban J connectivity index is 1.42. The zero-order chi connectivity index (χ0) is 21.4. The van der Waals surface area contributed by atoms with Gasteiger partial charge in [0.2, 0.25) is 5.91 Å². The molecule has 1 aliphatic heterocycles. The molecule has 0 saturated heterocycles. The Kier molecular flexibility index (Phi) is 4.98. The molecule has 3 aromatic rings. The number of nitrogens with zero attached hydrogens (tertiary/aromatic N) is 1. The van der Waals surface area contributed by atoms with Crippen molar-refractivity contribution in [3.63, 3.8) is 0 Å². The molecule has 2 aliphatic rings. The molecule has 1 saturated carbocycles. The van der Waals surface area contributed by atoms with Crippen LogP contribution in [-0.4, -0.2) is 37.0 Å². The summed E-state index contributed by atoms with van der Waals surface area (Å²) in [5, 5.41) is 4.93. The topological polar surface area (TPSA) is 67.9 Å². The van der Waals surface area contributed by atoms with Crippen LogP contribution in [0.4, 0.5) is 5.69 Å². The van der Waals surface area contributed by atoms with E-state index in [0.717, 1.165) is 34.9 Å². The molecule has 2 amide bonds. The molecule has 3 aromatic carbocycles. The Hall–Kier alpha value is -3.54. The van der Waals surface area contributed by atoms with Crippen LogP contribution in [0.1, 0.15) is 28.8 Å². The number of carbonyl (C=O) groups is 2. The van der Waals surface area contributed by atoms with E-state index in [4.69, 9.17) is 9.47 Å². The van der Waals surface area contributed by atoms with Gasteiger partial charge in [0, 0.05) is 19.5 Å². The van der Waals surface area contributed by atoms with Gasteiger partial charge >= 0.3 is 0 Å². The first-order valence-corrected chi connectivity index (χ1v) is 10.6. The van der Waals surface area contributed by atoms with Crippen molar-refractivity contribution in [2.75, 3.05) is 25.6 Å². The highest BCUT2D eigenvalue weighted by molar-refractivity contribution is 6.08. The number of amides is 2. The fourth-order valence-corrected chi connectivity index (χ4v) is 3.84. The van der Waals surface area contributed by atoms with Crippen LogP contribution in [0.3, 0.4) is 0 Å². The number of nitrogens with one attached hydrogen (secondary N) is 1. The first-order chi connectivity index (χ1) is 15.1. The molecule has 1 heterocycles. The molecule has 158 valence electrons. The van der Waals surface area contributed by atoms with Crippen molar-refractivity contribution in [2.24, 2.45) is 5.92 Å². The predicted molar refractivity (Wildman–Crippen MR) is 119 cm³/mol. The summed E-state index contributed by atoms with van der Waals surface area (Å²) >= 11 is 0. The number of carbonyl (C=O) groups excluding carboxylic acids is 2. The maximum absolute atomic E-state index is 13.4. The van der Waals surface area contributed by atoms with E-state index >= 15 is 0 Å². The number of hydrogen-bond donors (Lipinski definition) is 1. The average molecular weight is 416 g/mol. The highest BCUT2D eigenvalue weighted by atomic mass is 16.6. The van der Waals surface area contributed by atoms with Crippen molar-refractivity contribution in [1.29, 1.82) is 0 Å². The number of rotatable bonds is 5. The zero-order valence-electron chi connectivity index (χ0n) is 17.4. The molecule has 1 aliphatic carbocycles. The van der Waals surface area contributed by atoms with Crippen molar-refractivity contribution < 1.29 is 19.1 Å². The smallest absolute Gasteiger partial charge is 0.256 e. The third-order valence-corrected chi connectivity index (χ3v) is 5.70. The lowest BCUT2D eigenvalue weighted by Crippen LogP contribution is -2.28. The molecule has 0 spiro atoms. The molecule has 0 radical (unpaired) electrons. The molecule has 6 nitrogen and oxygen atoms in total. The molecular weight excluding hydrogens is 392 g/mol. The maximum atomic E-state index is 13.4. The van der Waals surface area contributed by atoms with Crippen molar-refractivity contribution in [1.82, 2.24) is 4.90 Å².